The van der Waals surface area contributed by atoms with Crippen molar-refractivity contribution in [2.45, 2.75) is 31.3 Å². The molecular formula is C12H21N3O4S2. The van der Waals surface area contributed by atoms with Crippen molar-refractivity contribution in [3.8, 4) is 0 Å². The molecule has 0 aromatic heterocycles. The average Bonchev–Trinajstić information content (AvgIpc) is 2.35. The van der Waals surface area contributed by atoms with E-state index in [0.29, 0.717) is 12.1 Å². The number of primary sulfonamides is 1. The summed E-state index contributed by atoms with van der Waals surface area (Å²) in [7, 11) is -7.10. The Labute approximate surface area is 126 Å². The van der Waals surface area contributed by atoms with Crippen LogP contribution in [0.4, 0.5) is 0 Å². The fraction of sp³-hybridized carbons (Fsp3) is 0.500. The van der Waals surface area contributed by atoms with Crippen LogP contribution < -0.4 is 15.2 Å². The maximum Gasteiger partial charge on any atom is 0.238 e. The van der Waals surface area contributed by atoms with E-state index < -0.39 is 20.0 Å². The van der Waals surface area contributed by atoms with Crippen molar-refractivity contribution in [2.75, 3.05) is 12.3 Å². The largest absolute Gasteiger partial charge is 0.313 e. The van der Waals surface area contributed by atoms with Crippen LogP contribution in [0.25, 0.3) is 0 Å². The lowest BCUT2D eigenvalue weighted by Gasteiger charge is -2.10. The Bertz CT molecular complexity index is 652. The quantitative estimate of drug-likeness (QED) is 0.605. The van der Waals surface area contributed by atoms with Crippen molar-refractivity contribution in [1.82, 2.24) is 10.0 Å². The average molecular weight is 335 g/mol. The van der Waals surface area contributed by atoms with Gasteiger partial charge in [0.25, 0.3) is 0 Å². The van der Waals surface area contributed by atoms with Gasteiger partial charge in [-0.2, -0.15) is 0 Å². The van der Waals surface area contributed by atoms with Gasteiger partial charge in [-0.15, -0.1) is 0 Å². The molecule has 4 N–H and O–H groups in total. The molecule has 0 radical (unpaired) electrons. The van der Waals surface area contributed by atoms with E-state index >= 15 is 0 Å². The van der Waals surface area contributed by atoms with Crippen LogP contribution >= 0.6 is 0 Å². The highest BCUT2D eigenvalue weighted by molar-refractivity contribution is 7.89. The van der Waals surface area contributed by atoms with Gasteiger partial charge in [-0.05, 0) is 17.7 Å². The first-order valence-electron chi connectivity index (χ1n) is 6.42. The van der Waals surface area contributed by atoms with Crippen LogP contribution in [0, 0.1) is 0 Å². The van der Waals surface area contributed by atoms with Crippen LogP contribution in [0.1, 0.15) is 19.4 Å². The summed E-state index contributed by atoms with van der Waals surface area (Å²) in [5.41, 5.74) is 0.655. The smallest absolute Gasteiger partial charge is 0.238 e. The van der Waals surface area contributed by atoms with Crippen LogP contribution in [-0.4, -0.2) is 35.2 Å². The van der Waals surface area contributed by atoms with Gasteiger partial charge < -0.3 is 5.32 Å². The molecule has 1 rings (SSSR count). The van der Waals surface area contributed by atoms with Crippen molar-refractivity contribution >= 4 is 20.0 Å². The van der Waals surface area contributed by atoms with Gasteiger partial charge in [-0.1, -0.05) is 26.0 Å². The Morgan fingerprint density at radius 3 is 2.14 bits per heavy atom. The molecule has 0 unspecified atom stereocenters. The minimum atomic E-state index is -3.73. The summed E-state index contributed by atoms with van der Waals surface area (Å²) in [5.74, 6) is -0.0134. The third-order valence-corrected chi connectivity index (χ3v) is 4.93. The van der Waals surface area contributed by atoms with Crippen LogP contribution in [0.2, 0.25) is 0 Å². The first-order valence-corrected chi connectivity index (χ1v) is 9.62. The lowest BCUT2D eigenvalue weighted by Crippen LogP contribution is -2.34. The highest BCUT2D eigenvalue weighted by atomic mass is 32.2. The van der Waals surface area contributed by atoms with Gasteiger partial charge in [-0.25, -0.2) is 26.7 Å². The third-order valence-electron chi connectivity index (χ3n) is 2.67. The zero-order valence-corrected chi connectivity index (χ0v) is 13.7. The topological polar surface area (TPSA) is 118 Å². The molecule has 0 heterocycles. The fourth-order valence-corrected chi connectivity index (χ4v) is 2.98. The molecule has 0 spiro atoms. The van der Waals surface area contributed by atoms with E-state index in [1.165, 1.54) is 24.3 Å². The summed E-state index contributed by atoms with van der Waals surface area (Å²) in [4.78, 5) is -0.00441. The first kappa shape index (κ1) is 18.1. The maximum absolute atomic E-state index is 11.7. The summed E-state index contributed by atoms with van der Waals surface area (Å²) in [5, 5.41) is 8.01. The number of nitrogens with one attached hydrogen (secondary N) is 2. The summed E-state index contributed by atoms with van der Waals surface area (Å²) >= 11 is 0. The van der Waals surface area contributed by atoms with Gasteiger partial charge in [0, 0.05) is 19.1 Å². The number of hydrogen-bond acceptors (Lipinski definition) is 5. The van der Waals surface area contributed by atoms with Crippen molar-refractivity contribution in [1.29, 1.82) is 0 Å². The minimum absolute atomic E-state index is 0.00441. The lowest BCUT2D eigenvalue weighted by atomic mass is 10.2. The fourth-order valence-electron chi connectivity index (χ4n) is 1.54. The van der Waals surface area contributed by atoms with E-state index in [0.717, 1.165) is 0 Å². The molecule has 0 atom stereocenters. The Morgan fingerprint density at radius 1 is 1.10 bits per heavy atom. The predicted octanol–water partition coefficient (Wildman–Crippen LogP) is -0.249. The number of sulfonamides is 2. The lowest BCUT2D eigenvalue weighted by molar-refractivity contribution is 0.566. The summed E-state index contributed by atoms with van der Waals surface area (Å²) < 4.78 is 48.1. The Morgan fingerprint density at radius 2 is 1.67 bits per heavy atom. The van der Waals surface area contributed by atoms with Crippen LogP contribution in [-0.2, 0) is 26.6 Å². The number of benzene rings is 1. The number of hydrogen-bond donors (Lipinski definition) is 3. The normalized spacial score (nSPS) is 12.8. The van der Waals surface area contributed by atoms with Crippen molar-refractivity contribution in [2.24, 2.45) is 5.14 Å². The molecule has 0 aliphatic heterocycles. The molecule has 21 heavy (non-hydrogen) atoms. The van der Waals surface area contributed by atoms with Crippen molar-refractivity contribution < 1.29 is 16.8 Å². The second-order valence-electron chi connectivity index (χ2n) is 4.94. The van der Waals surface area contributed by atoms with Gasteiger partial charge >= 0.3 is 0 Å². The van der Waals surface area contributed by atoms with E-state index in [1.807, 2.05) is 13.8 Å². The van der Waals surface area contributed by atoms with Crippen molar-refractivity contribution in [3.05, 3.63) is 29.8 Å². The zero-order valence-electron chi connectivity index (χ0n) is 12.0. The molecule has 0 fully saturated rings. The molecule has 7 nitrogen and oxygen atoms in total. The minimum Gasteiger partial charge on any atom is -0.313 e. The third kappa shape index (κ3) is 7.00. The summed E-state index contributed by atoms with van der Waals surface area (Å²) in [6.45, 7) is 4.35. The Balaban J connectivity index is 2.55. The van der Waals surface area contributed by atoms with E-state index in [9.17, 15) is 16.8 Å². The van der Waals surface area contributed by atoms with E-state index in [-0.39, 0.29) is 23.2 Å². The monoisotopic (exact) mass is 335 g/mol. The molecule has 1 aromatic rings. The van der Waals surface area contributed by atoms with Gasteiger partial charge in [0.1, 0.15) is 0 Å². The SMILES string of the molecule is CC(C)NCCS(=O)(=O)NCc1ccc(S(N)(=O)=O)cc1. The molecule has 0 amide bonds. The van der Waals surface area contributed by atoms with Crippen LogP contribution in [0.15, 0.2) is 29.2 Å². The Hall–Kier alpha value is -1.00. The van der Waals surface area contributed by atoms with E-state index in [4.69, 9.17) is 5.14 Å². The summed E-state index contributed by atoms with van der Waals surface area (Å²) in [6, 6.07) is 5.97. The standard InChI is InChI=1S/C12H21N3O4S2/c1-10(2)14-7-8-20(16,17)15-9-11-3-5-12(6-4-11)21(13,18)19/h3-6,10,14-15H,7-9H2,1-2H3,(H2,13,18,19). The molecule has 0 aliphatic rings. The maximum atomic E-state index is 11.7. The molecule has 1 aromatic carbocycles. The highest BCUT2D eigenvalue weighted by Gasteiger charge is 2.11. The molecule has 0 saturated carbocycles. The van der Waals surface area contributed by atoms with E-state index in [2.05, 4.69) is 10.0 Å². The van der Waals surface area contributed by atoms with Gasteiger partial charge in [0.2, 0.25) is 20.0 Å². The number of rotatable bonds is 8. The van der Waals surface area contributed by atoms with Crippen LogP contribution in [0.5, 0.6) is 0 Å². The zero-order chi connectivity index (χ0) is 16.1. The van der Waals surface area contributed by atoms with Gasteiger partial charge in [0.05, 0.1) is 10.6 Å². The second kappa shape index (κ2) is 7.32. The molecule has 120 valence electrons. The first-order chi connectivity index (χ1) is 9.60. The molecule has 0 saturated heterocycles. The second-order valence-corrected chi connectivity index (χ2v) is 8.43. The number of nitrogens with two attached hydrogens (primary N) is 1. The summed E-state index contributed by atoms with van der Waals surface area (Å²) in [6.07, 6.45) is 0. The predicted molar refractivity (Wildman–Crippen MR) is 81.6 cm³/mol. The Kier molecular flexibility index (Phi) is 6.29. The molecule has 0 bridgehead atoms. The van der Waals surface area contributed by atoms with E-state index in [1.54, 1.807) is 0 Å². The van der Waals surface area contributed by atoms with Gasteiger partial charge in [-0.3, -0.25) is 0 Å². The molecular weight excluding hydrogens is 314 g/mol. The highest BCUT2D eigenvalue weighted by Crippen LogP contribution is 2.08. The van der Waals surface area contributed by atoms with Crippen molar-refractivity contribution in [3.63, 3.8) is 0 Å². The molecule has 9 heteroatoms. The van der Waals surface area contributed by atoms with Crippen LogP contribution in [0.3, 0.4) is 0 Å². The molecule has 0 aliphatic carbocycles. The van der Waals surface area contributed by atoms with Gasteiger partial charge in [0.15, 0.2) is 0 Å².